The summed E-state index contributed by atoms with van der Waals surface area (Å²) < 4.78 is 5.37. The highest BCUT2D eigenvalue weighted by molar-refractivity contribution is 5.94. The molecule has 88 valence electrons. The van der Waals surface area contributed by atoms with Gasteiger partial charge in [0.05, 0.1) is 0 Å². The van der Waals surface area contributed by atoms with Gasteiger partial charge in [-0.15, -0.1) is 0 Å². The Bertz CT molecular complexity index is 634. The molecule has 0 aliphatic rings. The van der Waals surface area contributed by atoms with E-state index in [1.54, 1.807) is 31.2 Å². The normalized spacial score (nSPS) is 9.39. The third-order valence-electron chi connectivity index (χ3n) is 2.45. The SMILES string of the molecule is C=Cc1ccc(C#Cc2ccc(C(C)=O)cc2)o1. The first-order chi connectivity index (χ1) is 8.69. The summed E-state index contributed by atoms with van der Waals surface area (Å²) in [5.74, 6) is 7.24. The molecule has 0 unspecified atom stereocenters. The summed E-state index contributed by atoms with van der Waals surface area (Å²) in [5, 5.41) is 0. The van der Waals surface area contributed by atoms with Crippen LogP contribution in [0.2, 0.25) is 0 Å². The van der Waals surface area contributed by atoms with Crippen molar-refractivity contribution in [2.75, 3.05) is 0 Å². The summed E-state index contributed by atoms with van der Waals surface area (Å²) in [6.45, 7) is 5.16. The van der Waals surface area contributed by atoms with Gasteiger partial charge in [-0.3, -0.25) is 4.79 Å². The second-order valence-corrected chi connectivity index (χ2v) is 3.79. The molecule has 0 saturated carbocycles. The van der Waals surface area contributed by atoms with E-state index in [1.807, 2.05) is 18.2 Å². The van der Waals surface area contributed by atoms with Gasteiger partial charge in [0.15, 0.2) is 11.5 Å². The second kappa shape index (κ2) is 5.20. The zero-order valence-corrected chi connectivity index (χ0v) is 10.1. The van der Waals surface area contributed by atoms with Crippen molar-refractivity contribution in [3.05, 3.63) is 65.6 Å². The van der Waals surface area contributed by atoms with Gasteiger partial charge in [-0.25, -0.2) is 0 Å². The molecular weight excluding hydrogens is 224 g/mol. The van der Waals surface area contributed by atoms with Crippen LogP contribution in [0.15, 0.2) is 47.4 Å². The van der Waals surface area contributed by atoms with E-state index < -0.39 is 0 Å². The van der Waals surface area contributed by atoms with Gasteiger partial charge in [-0.2, -0.15) is 0 Å². The molecule has 0 atom stereocenters. The third-order valence-corrected chi connectivity index (χ3v) is 2.45. The Labute approximate surface area is 106 Å². The van der Waals surface area contributed by atoms with Crippen molar-refractivity contribution in [2.24, 2.45) is 0 Å². The number of carbonyl (C=O) groups excluding carboxylic acids is 1. The number of hydrogen-bond acceptors (Lipinski definition) is 2. The van der Waals surface area contributed by atoms with Gasteiger partial charge in [0.1, 0.15) is 5.76 Å². The summed E-state index contributed by atoms with van der Waals surface area (Å²) in [6, 6.07) is 10.8. The van der Waals surface area contributed by atoms with Crippen LogP contribution >= 0.6 is 0 Å². The fraction of sp³-hybridized carbons (Fsp3) is 0.0625. The summed E-state index contributed by atoms with van der Waals surface area (Å²) >= 11 is 0. The Hall–Kier alpha value is -2.53. The first kappa shape index (κ1) is 11.9. The van der Waals surface area contributed by atoms with Gasteiger partial charge < -0.3 is 4.42 Å². The van der Waals surface area contributed by atoms with Crippen LogP contribution in [0.1, 0.15) is 34.4 Å². The molecule has 2 heteroatoms. The largest absolute Gasteiger partial charge is 0.448 e. The Balaban J connectivity index is 2.19. The molecule has 2 nitrogen and oxygen atoms in total. The smallest absolute Gasteiger partial charge is 0.177 e. The number of rotatable bonds is 2. The first-order valence-corrected chi connectivity index (χ1v) is 5.54. The minimum atomic E-state index is 0.0520. The molecule has 0 amide bonds. The summed E-state index contributed by atoms with van der Waals surface area (Å²) in [6.07, 6.45) is 1.63. The van der Waals surface area contributed by atoms with Crippen LogP contribution in [0.5, 0.6) is 0 Å². The highest BCUT2D eigenvalue weighted by Gasteiger charge is 1.97. The predicted octanol–water partition coefficient (Wildman–Crippen LogP) is 3.53. The van der Waals surface area contributed by atoms with Crippen LogP contribution in [-0.4, -0.2) is 5.78 Å². The van der Waals surface area contributed by atoms with Crippen LogP contribution in [0.3, 0.4) is 0 Å². The molecule has 0 N–H and O–H groups in total. The molecular formula is C16H12O2. The highest BCUT2D eigenvalue weighted by Crippen LogP contribution is 2.08. The summed E-state index contributed by atoms with van der Waals surface area (Å²) in [7, 11) is 0. The van der Waals surface area contributed by atoms with E-state index in [1.165, 1.54) is 0 Å². The van der Waals surface area contributed by atoms with Gasteiger partial charge in [-0.1, -0.05) is 24.6 Å². The van der Waals surface area contributed by atoms with Gasteiger partial charge in [0.2, 0.25) is 0 Å². The summed E-state index contributed by atoms with van der Waals surface area (Å²) in [4.78, 5) is 11.1. The third kappa shape index (κ3) is 2.78. The maximum Gasteiger partial charge on any atom is 0.177 e. The van der Waals surface area contributed by atoms with Gasteiger partial charge in [0.25, 0.3) is 0 Å². The van der Waals surface area contributed by atoms with E-state index in [2.05, 4.69) is 18.4 Å². The molecule has 1 heterocycles. The Morgan fingerprint density at radius 3 is 2.44 bits per heavy atom. The Morgan fingerprint density at radius 2 is 1.89 bits per heavy atom. The number of hydrogen-bond donors (Lipinski definition) is 0. The molecule has 2 rings (SSSR count). The number of benzene rings is 1. The molecule has 1 aromatic carbocycles. The van der Waals surface area contributed by atoms with Crippen molar-refractivity contribution in [1.82, 2.24) is 0 Å². The maximum absolute atomic E-state index is 11.1. The van der Waals surface area contributed by atoms with Gasteiger partial charge >= 0.3 is 0 Å². The molecule has 18 heavy (non-hydrogen) atoms. The minimum Gasteiger partial charge on any atom is -0.448 e. The van der Waals surface area contributed by atoms with Gasteiger partial charge in [-0.05, 0) is 43.2 Å². The standard InChI is InChI=1S/C16H12O2/c1-3-15-10-11-16(18-15)9-6-13-4-7-14(8-5-13)12(2)17/h3-5,7-8,10-11H,1H2,2H3. The van der Waals surface area contributed by atoms with Crippen LogP contribution in [-0.2, 0) is 0 Å². The molecule has 0 radical (unpaired) electrons. The van der Waals surface area contributed by atoms with Crippen LogP contribution in [0.4, 0.5) is 0 Å². The zero-order valence-electron chi connectivity index (χ0n) is 10.1. The average Bonchev–Trinajstić information content (AvgIpc) is 2.85. The van der Waals surface area contributed by atoms with Crippen molar-refractivity contribution in [3.63, 3.8) is 0 Å². The zero-order chi connectivity index (χ0) is 13.0. The molecule has 2 aromatic rings. The van der Waals surface area contributed by atoms with Crippen molar-refractivity contribution in [3.8, 4) is 11.8 Å². The number of ketones is 1. The lowest BCUT2D eigenvalue weighted by molar-refractivity contribution is 0.101. The second-order valence-electron chi connectivity index (χ2n) is 3.79. The van der Waals surface area contributed by atoms with E-state index in [0.29, 0.717) is 17.1 Å². The molecule has 0 bridgehead atoms. The van der Waals surface area contributed by atoms with E-state index >= 15 is 0 Å². The topological polar surface area (TPSA) is 30.2 Å². The lowest BCUT2D eigenvalue weighted by atomic mass is 10.1. The average molecular weight is 236 g/mol. The highest BCUT2D eigenvalue weighted by atomic mass is 16.3. The fourth-order valence-corrected chi connectivity index (χ4v) is 1.45. The number of Topliss-reactive ketones (excluding diaryl/α,β-unsaturated/α-hetero) is 1. The lowest BCUT2D eigenvalue weighted by Crippen LogP contribution is -1.90. The van der Waals surface area contributed by atoms with E-state index in [-0.39, 0.29) is 5.78 Å². The fourth-order valence-electron chi connectivity index (χ4n) is 1.45. The molecule has 1 aromatic heterocycles. The van der Waals surface area contributed by atoms with E-state index in [4.69, 9.17) is 4.42 Å². The van der Waals surface area contributed by atoms with E-state index in [0.717, 1.165) is 5.56 Å². The molecule has 0 fully saturated rings. The predicted molar refractivity (Wildman–Crippen MR) is 71.2 cm³/mol. The molecule has 0 saturated heterocycles. The quantitative estimate of drug-likeness (QED) is 0.590. The number of carbonyl (C=O) groups is 1. The Morgan fingerprint density at radius 1 is 1.17 bits per heavy atom. The van der Waals surface area contributed by atoms with Crippen LogP contribution in [0.25, 0.3) is 6.08 Å². The first-order valence-electron chi connectivity index (χ1n) is 5.54. The van der Waals surface area contributed by atoms with Crippen LogP contribution < -0.4 is 0 Å². The van der Waals surface area contributed by atoms with Crippen LogP contribution in [0, 0.1) is 11.8 Å². The van der Waals surface area contributed by atoms with Crippen molar-refractivity contribution >= 4 is 11.9 Å². The maximum atomic E-state index is 11.1. The van der Waals surface area contributed by atoms with Crippen molar-refractivity contribution < 1.29 is 9.21 Å². The molecule has 0 aliphatic carbocycles. The van der Waals surface area contributed by atoms with Crippen molar-refractivity contribution in [2.45, 2.75) is 6.92 Å². The monoisotopic (exact) mass is 236 g/mol. The Kier molecular flexibility index (Phi) is 3.45. The minimum absolute atomic E-state index is 0.0520. The van der Waals surface area contributed by atoms with E-state index in [9.17, 15) is 4.79 Å². The van der Waals surface area contributed by atoms with Gasteiger partial charge in [0, 0.05) is 11.1 Å². The lowest BCUT2D eigenvalue weighted by Gasteiger charge is -1.94. The molecule has 0 aliphatic heterocycles. The summed E-state index contributed by atoms with van der Waals surface area (Å²) in [5.41, 5.74) is 1.53. The number of furan rings is 1. The molecule has 0 spiro atoms. The van der Waals surface area contributed by atoms with Crippen molar-refractivity contribution in [1.29, 1.82) is 0 Å².